The lowest BCUT2D eigenvalue weighted by atomic mass is 10.0. The second kappa shape index (κ2) is 4.74. The molecule has 1 aromatic heterocycles. The number of esters is 1. The number of hydrogen-bond donors (Lipinski definition) is 0. The topological polar surface area (TPSA) is 60.8 Å². The van der Waals surface area contributed by atoms with Crippen molar-refractivity contribution in [1.29, 1.82) is 0 Å². The summed E-state index contributed by atoms with van der Waals surface area (Å²) in [6.45, 7) is 2.10. The molecule has 1 aliphatic rings. The average molecular weight is 220 g/mol. The lowest BCUT2D eigenvalue weighted by molar-refractivity contribution is -0.146. The van der Waals surface area contributed by atoms with Gasteiger partial charge in [-0.25, -0.2) is 9.79 Å². The van der Waals surface area contributed by atoms with Gasteiger partial charge >= 0.3 is 5.97 Å². The molecule has 0 fully saturated rings. The van der Waals surface area contributed by atoms with Gasteiger partial charge in [-0.15, -0.1) is 0 Å². The minimum atomic E-state index is -0.609. The number of nitrogens with zero attached hydrogens (tertiary/aromatic N) is 2. The lowest BCUT2D eigenvalue weighted by Gasteiger charge is -2.15. The van der Waals surface area contributed by atoms with Crippen LogP contribution in [-0.4, -0.2) is 30.0 Å². The molecule has 1 aliphatic heterocycles. The molecule has 0 aromatic carbocycles. The fourth-order valence-corrected chi connectivity index (χ4v) is 1.54. The van der Waals surface area contributed by atoms with Crippen LogP contribution in [0.25, 0.3) is 0 Å². The fraction of sp³-hybridized carbons (Fsp3) is 0.364. The highest BCUT2D eigenvalue weighted by Gasteiger charge is 2.34. The van der Waals surface area contributed by atoms with E-state index in [2.05, 4.69) is 9.98 Å². The summed E-state index contributed by atoms with van der Waals surface area (Å²) in [5.74, 6) is -0.363. The molecule has 0 radical (unpaired) electrons. The van der Waals surface area contributed by atoms with Crippen LogP contribution >= 0.6 is 0 Å². The molecule has 16 heavy (non-hydrogen) atoms. The highest BCUT2D eigenvalue weighted by Crippen LogP contribution is 2.27. The van der Waals surface area contributed by atoms with Crippen molar-refractivity contribution >= 4 is 12.4 Å². The van der Waals surface area contributed by atoms with Gasteiger partial charge in [0.15, 0.2) is 18.5 Å². The Bertz CT molecular complexity index is 391. The molecule has 0 unspecified atom stereocenters. The Hall–Kier alpha value is -1.91. The highest BCUT2D eigenvalue weighted by molar-refractivity contribution is 5.80. The Morgan fingerprint density at radius 1 is 1.50 bits per heavy atom. The summed E-state index contributed by atoms with van der Waals surface area (Å²) in [5.41, 5.74) is 0.866. The minimum absolute atomic E-state index is 0.341. The van der Waals surface area contributed by atoms with Crippen LogP contribution in [0, 0.1) is 0 Å². The van der Waals surface area contributed by atoms with Gasteiger partial charge < -0.3 is 9.47 Å². The van der Waals surface area contributed by atoms with E-state index in [4.69, 9.17) is 9.47 Å². The predicted molar refractivity (Wildman–Crippen MR) is 57.0 cm³/mol. The van der Waals surface area contributed by atoms with Crippen LogP contribution < -0.4 is 0 Å². The van der Waals surface area contributed by atoms with Crippen molar-refractivity contribution in [3.8, 4) is 0 Å². The Balaban J connectivity index is 2.14. The van der Waals surface area contributed by atoms with E-state index in [1.807, 2.05) is 0 Å². The van der Waals surface area contributed by atoms with Crippen molar-refractivity contribution in [2.75, 3.05) is 6.61 Å². The standard InChI is InChI=1S/C11H12N2O3/c1-2-15-11(14)9-10(16-7-13-9)8-3-5-12-6-4-8/h3-7,9-10H,2H2,1H3/t9-,10-/m0/s1. The van der Waals surface area contributed by atoms with Gasteiger partial charge in [0.2, 0.25) is 0 Å². The maximum Gasteiger partial charge on any atom is 0.335 e. The van der Waals surface area contributed by atoms with Crippen molar-refractivity contribution in [2.24, 2.45) is 4.99 Å². The summed E-state index contributed by atoms with van der Waals surface area (Å²) in [6.07, 6.45) is 4.20. The number of aliphatic imine (C=N–C) groups is 1. The van der Waals surface area contributed by atoms with Gasteiger partial charge in [0.1, 0.15) is 0 Å². The largest absolute Gasteiger partial charge is 0.473 e. The van der Waals surface area contributed by atoms with Crippen molar-refractivity contribution in [1.82, 2.24) is 4.98 Å². The summed E-state index contributed by atoms with van der Waals surface area (Å²) in [7, 11) is 0. The lowest BCUT2D eigenvalue weighted by Crippen LogP contribution is -2.26. The number of aromatic nitrogens is 1. The number of carbonyl (C=O) groups is 1. The van der Waals surface area contributed by atoms with Crippen LogP contribution in [0.4, 0.5) is 0 Å². The number of rotatable bonds is 3. The first kappa shape index (κ1) is 10.6. The SMILES string of the molecule is CCOC(=O)[C@H]1N=CO[C@H]1c1ccncc1. The zero-order valence-electron chi connectivity index (χ0n) is 8.87. The molecule has 2 heterocycles. The molecule has 84 valence electrons. The number of hydrogen-bond acceptors (Lipinski definition) is 5. The van der Waals surface area contributed by atoms with E-state index in [1.54, 1.807) is 31.5 Å². The summed E-state index contributed by atoms with van der Waals surface area (Å²) in [4.78, 5) is 19.5. The molecule has 0 saturated heterocycles. The summed E-state index contributed by atoms with van der Waals surface area (Å²) >= 11 is 0. The van der Waals surface area contributed by atoms with E-state index in [0.717, 1.165) is 5.56 Å². The second-order valence-electron chi connectivity index (χ2n) is 3.29. The molecule has 5 heteroatoms. The van der Waals surface area contributed by atoms with Crippen LogP contribution in [0.1, 0.15) is 18.6 Å². The van der Waals surface area contributed by atoms with E-state index in [1.165, 1.54) is 6.40 Å². The van der Waals surface area contributed by atoms with Crippen LogP contribution in [0.5, 0.6) is 0 Å². The van der Waals surface area contributed by atoms with Gasteiger partial charge in [0.25, 0.3) is 0 Å². The van der Waals surface area contributed by atoms with Crippen LogP contribution in [0.3, 0.4) is 0 Å². The molecular weight excluding hydrogens is 208 g/mol. The monoisotopic (exact) mass is 220 g/mol. The third kappa shape index (κ3) is 2.03. The number of pyridine rings is 1. The predicted octanol–water partition coefficient (Wildman–Crippen LogP) is 1.11. The summed E-state index contributed by atoms with van der Waals surface area (Å²) in [5, 5.41) is 0. The number of ether oxygens (including phenoxy) is 2. The molecule has 0 N–H and O–H groups in total. The molecule has 5 nitrogen and oxygen atoms in total. The molecule has 0 saturated carbocycles. The van der Waals surface area contributed by atoms with E-state index < -0.39 is 12.1 Å². The molecular formula is C11H12N2O3. The van der Waals surface area contributed by atoms with E-state index >= 15 is 0 Å². The maximum absolute atomic E-state index is 11.6. The Morgan fingerprint density at radius 2 is 2.25 bits per heavy atom. The fourth-order valence-electron chi connectivity index (χ4n) is 1.54. The smallest absolute Gasteiger partial charge is 0.335 e. The normalized spacial score (nSPS) is 22.8. The Kier molecular flexibility index (Phi) is 3.14. The Labute approximate surface area is 93.1 Å². The van der Waals surface area contributed by atoms with Gasteiger partial charge in [-0.2, -0.15) is 0 Å². The zero-order valence-corrected chi connectivity index (χ0v) is 8.87. The first-order valence-electron chi connectivity index (χ1n) is 5.06. The third-order valence-electron chi connectivity index (χ3n) is 2.28. The third-order valence-corrected chi connectivity index (χ3v) is 2.28. The van der Waals surface area contributed by atoms with Gasteiger partial charge in [-0.3, -0.25) is 4.98 Å². The van der Waals surface area contributed by atoms with Crippen molar-refractivity contribution in [3.63, 3.8) is 0 Å². The van der Waals surface area contributed by atoms with E-state index in [9.17, 15) is 4.79 Å². The van der Waals surface area contributed by atoms with Gasteiger partial charge in [-0.05, 0) is 24.6 Å². The van der Waals surface area contributed by atoms with Crippen LogP contribution in [-0.2, 0) is 14.3 Å². The maximum atomic E-state index is 11.6. The molecule has 0 spiro atoms. The minimum Gasteiger partial charge on any atom is -0.473 e. The first-order valence-corrected chi connectivity index (χ1v) is 5.06. The van der Waals surface area contributed by atoms with Crippen LogP contribution in [0.2, 0.25) is 0 Å². The second-order valence-corrected chi connectivity index (χ2v) is 3.29. The van der Waals surface area contributed by atoms with Gasteiger partial charge in [0, 0.05) is 12.4 Å². The van der Waals surface area contributed by atoms with Gasteiger partial charge in [0.05, 0.1) is 6.61 Å². The average Bonchev–Trinajstić information content (AvgIpc) is 2.79. The van der Waals surface area contributed by atoms with E-state index in [-0.39, 0.29) is 5.97 Å². The van der Waals surface area contributed by atoms with Gasteiger partial charge in [-0.1, -0.05) is 0 Å². The van der Waals surface area contributed by atoms with Crippen molar-refractivity contribution in [2.45, 2.75) is 19.1 Å². The first-order chi connectivity index (χ1) is 7.83. The number of carbonyl (C=O) groups excluding carboxylic acids is 1. The van der Waals surface area contributed by atoms with Crippen molar-refractivity contribution in [3.05, 3.63) is 30.1 Å². The van der Waals surface area contributed by atoms with Crippen LogP contribution in [0.15, 0.2) is 29.5 Å². The summed E-state index contributed by atoms with van der Waals surface area (Å²) < 4.78 is 10.2. The molecule has 0 amide bonds. The molecule has 2 atom stereocenters. The zero-order chi connectivity index (χ0) is 11.4. The quantitative estimate of drug-likeness (QED) is 0.716. The highest BCUT2D eigenvalue weighted by atomic mass is 16.5. The Morgan fingerprint density at radius 3 is 2.94 bits per heavy atom. The summed E-state index contributed by atoms with van der Waals surface area (Å²) in [6, 6.07) is 2.99. The molecule has 0 aliphatic carbocycles. The van der Waals surface area contributed by atoms with Crippen molar-refractivity contribution < 1.29 is 14.3 Å². The molecule has 1 aromatic rings. The van der Waals surface area contributed by atoms with E-state index in [0.29, 0.717) is 6.61 Å². The molecule has 0 bridgehead atoms. The molecule has 2 rings (SSSR count).